The molecule has 2 aromatic rings. The number of carbonyl (C=O) groups is 1. The van der Waals surface area contributed by atoms with Crippen molar-refractivity contribution in [1.29, 1.82) is 0 Å². The summed E-state index contributed by atoms with van der Waals surface area (Å²) in [7, 11) is 0. The van der Waals surface area contributed by atoms with E-state index in [1.165, 1.54) is 11.4 Å². The van der Waals surface area contributed by atoms with Crippen LogP contribution in [0.4, 0.5) is 43.9 Å². The summed E-state index contributed by atoms with van der Waals surface area (Å²) in [5, 5.41) is 1.35. The Morgan fingerprint density at radius 3 is 1.89 bits per heavy atom. The Labute approximate surface area is 208 Å². The number of carbonyl (C=O) groups excluding carboxylic acids is 1. The highest BCUT2D eigenvalue weighted by atomic mass is 79.9. The van der Waals surface area contributed by atoms with Gasteiger partial charge in [0.05, 0.1) is 11.1 Å². The third-order valence-electron chi connectivity index (χ3n) is 4.59. The van der Waals surface area contributed by atoms with Gasteiger partial charge in [-0.1, -0.05) is 37.9 Å². The van der Waals surface area contributed by atoms with E-state index in [1.54, 1.807) is 0 Å². The molecule has 0 aromatic heterocycles. The lowest BCUT2D eigenvalue weighted by Crippen LogP contribution is -2.43. The summed E-state index contributed by atoms with van der Waals surface area (Å²) >= 11 is 5.99. The van der Waals surface area contributed by atoms with Gasteiger partial charge in [0.2, 0.25) is 0 Å². The summed E-state index contributed by atoms with van der Waals surface area (Å²) in [6, 6.07) is 2.02. The second-order valence-electron chi connectivity index (χ2n) is 7.23. The molecule has 0 fully saturated rings. The number of hydrogen-bond donors (Lipinski definition) is 1. The van der Waals surface area contributed by atoms with Gasteiger partial charge >= 0.3 is 18.5 Å². The first-order valence-corrected chi connectivity index (χ1v) is 10.9. The number of nitrogens with one attached hydrogen (secondary N) is 1. The maximum absolute atomic E-state index is 14.8. The van der Waals surface area contributed by atoms with Crippen molar-refractivity contribution < 1.29 is 48.7 Å². The molecule has 2 aromatic carbocycles. The minimum absolute atomic E-state index is 0.0588. The van der Waals surface area contributed by atoms with Crippen LogP contribution in [-0.2, 0) is 6.18 Å². The summed E-state index contributed by atoms with van der Waals surface area (Å²) in [6.07, 6.45) is -15.2. The predicted octanol–water partition coefficient (Wildman–Crippen LogP) is 8.57. The van der Waals surface area contributed by atoms with Gasteiger partial charge in [0.1, 0.15) is 17.8 Å². The minimum Gasteiger partial charge on any atom is -0.341 e. The van der Waals surface area contributed by atoms with E-state index >= 15 is 0 Å². The third kappa shape index (κ3) is 7.69. The lowest BCUT2D eigenvalue weighted by Gasteiger charge is -2.20. The second kappa shape index (κ2) is 10.5. The molecule has 0 heterocycles. The maximum Gasteiger partial charge on any atom is 0.417 e. The van der Waals surface area contributed by atoms with Gasteiger partial charge < -0.3 is 5.32 Å². The Morgan fingerprint density at radius 1 is 0.886 bits per heavy atom. The number of rotatable bonds is 5. The molecule has 35 heavy (non-hydrogen) atoms. The summed E-state index contributed by atoms with van der Waals surface area (Å²) in [4.78, 5) is 12.0. The van der Waals surface area contributed by atoms with Crippen LogP contribution in [0.25, 0.3) is 5.83 Å². The fourth-order valence-corrected chi connectivity index (χ4v) is 4.19. The molecule has 2 rings (SSSR count). The zero-order chi connectivity index (χ0) is 26.9. The van der Waals surface area contributed by atoms with Gasteiger partial charge in [-0.2, -0.15) is 39.5 Å². The molecule has 192 valence electrons. The normalized spacial score (nSPS) is 15.1. The Balaban J connectivity index is 2.55. The van der Waals surface area contributed by atoms with Gasteiger partial charge in [0, 0.05) is 14.5 Å². The van der Waals surface area contributed by atoms with E-state index in [-0.39, 0.29) is 21.1 Å². The third-order valence-corrected chi connectivity index (χ3v) is 5.51. The summed E-state index contributed by atoms with van der Waals surface area (Å²) in [6.45, 7) is 0.500. The molecule has 0 saturated carbocycles. The molecule has 1 amide bonds. The Kier molecular flexibility index (Phi) is 8.73. The Hall–Kier alpha value is -2.09. The van der Waals surface area contributed by atoms with Gasteiger partial charge in [-0.05, 0) is 48.9 Å². The van der Waals surface area contributed by atoms with Crippen LogP contribution < -0.4 is 5.32 Å². The molecule has 2 unspecified atom stereocenters. The van der Waals surface area contributed by atoms with E-state index in [1.807, 2.05) is 0 Å². The van der Waals surface area contributed by atoms with Crippen molar-refractivity contribution in [2.24, 2.45) is 0 Å². The average molecular weight is 645 g/mol. The second-order valence-corrected chi connectivity index (χ2v) is 9.06. The van der Waals surface area contributed by atoms with E-state index < -0.39 is 64.5 Å². The standard InChI is InChI=1S/C21H13Br2F10NO/c1-9(19(25,26)27)34-18(35)14-3-2-10(6-16(14)21(31,32)33)17(24)8-15(20(28,29)30)11-4-12(22)7-13(23)5-11/h2-9,15H,1H3,(H,34,35). The van der Waals surface area contributed by atoms with Crippen LogP contribution in [0.2, 0.25) is 0 Å². The molecule has 2 atom stereocenters. The number of allylic oxidation sites excluding steroid dienone is 1. The Bertz CT molecular complexity index is 1100. The molecule has 14 heteroatoms. The largest absolute Gasteiger partial charge is 0.417 e. The lowest BCUT2D eigenvalue weighted by atomic mass is 9.95. The summed E-state index contributed by atoms with van der Waals surface area (Å²) in [5.74, 6) is -5.99. The lowest BCUT2D eigenvalue weighted by molar-refractivity contribution is -0.149. The number of amides is 1. The Morgan fingerprint density at radius 2 is 1.43 bits per heavy atom. The summed E-state index contributed by atoms with van der Waals surface area (Å²) in [5.41, 5.74) is -4.46. The van der Waals surface area contributed by atoms with Crippen molar-refractivity contribution in [3.8, 4) is 0 Å². The molecule has 0 aliphatic carbocycles. The van der Waals surface area contributed by atoms with Crippen molar-refractivity contribution in [2.75, 3.05) is 0 Å². The van der Waals surface area contributed by atoms with Gasteiger partial charge in [-0.25, -0.2) is 4.39 Å². The van der Waals surface area contributed by atoms with Crippen LogP contribution in [0.1, 0.15) is 39.9 Å². The van der Waals surface area contributed by atoms with Gasteiger partial charge in [-0.3, -0.25) is 4.79 Å². The van der Waals surface area contributed by atoms with Crippen LogP contribution in [0.15, 0.2) is 51.4 Å². The fourth-order valence-electron chi connectivity index (χ4n) is 2.86. The first-order valence-electron chi connectivity index (χ1n) is 9.30. The van der Waals surface area contributed by atoms with Crippen LogP contribution in [0.5, 0.6) is 0 Å². The zero-order valence-electron chi connectivity index (χ0n) is 17.1. The minimum atomic E-state index is -5.33. The number of hydrogen-bond acceptors (Lipinski definition) is 1. The molecular weight excluding hydrogens is 632 g/mol. The van der Waals surface area contributed by atoms with Crippen LogP contribution >= 0.6 is 31.9 Å². The van der Waals surface area contributed by atoms with Crippen molar-refractivity contribution in [3.63, 3.8) is 0 Å². The van der Waals surface area contributed by atoms with Gasteiger partial charge in [0.15, 0.2) is 0 Å². The van der Waals surface area contributed by atoms with Crippen molar-refractivity contribution in [2.45, 2.75) is 37.4 Å². The molecule has 0 spiro atoms. The first kappa shape index (κ1) is 29.1. The van der Waals surface area contributed by atoms with E-state index in [9.17, 15) is 48.7 Å². The zero-order valence-corrected chi connectivity index (χ0v) is 20.3. The first-order chi connectivity index (χ1) is 15.8. The van der Waals surface area contributed by atoms with E-state index in [0.717, 1.165) is 12.1 Å². The van der Waals surface area contributed by atoms with E-state index in [0.29, 0.717) is 19.1 Å². The highest BCUT2D eigenvalue weighted by molar-refractivity contribution is 9.11. The molecule has 0 aliphatic rings. The van der Waals surface area contributed by atoms with Crippen LogP contribution in [0, 0.1) is 0 Å². The quantitative estimate of drug-likeness (QED) is 0.325. The molecule has 0 bridgehead atoms. The predicted molar refractivity (Wildman–Crippen MR) is 114 cm³/mol. The number of benzene rings is 2. The monoisotopic (exact) mass is 643 g/mol. The van der Waals surface area contributed by atoms with E-state index in [2.05, 4.69) is 31.9 Å². The van der Waals surface area contributed by atoms with Crippen molar-refractivity contribution >= 4 is 43.6 Å². The smallest absolute Gasteiger partial charge is 0.341 e. The molecule has 0 aliphatic heterocycles. The van der Waals surface area contributed by atoms with Crippen molar-refractivity contribution in [1.82, 2.24) is 5.32 Å². The molecular formula is C21H13Br2F10NO. The van der Waals surface area contributed by atoms with Gasteiger partial charge in [0.25, 0.3) is 5.91 Å². The fraction of sp³-hybridized carbons (Fsp3) is 0.286. The molecule has 0 radical (unpaired) electrons. The van der Waals surface area contributed by atoms with Gasteiger partial charge in [-0.15, -0.1) is 0 Å². The summed E-state index contributed by atoms with van der Waals surface area (Å²) < 4.78 is 135. The molecule has 2 nitrogen and oxygen atoms in total. The topological polar surface area (TPSA) is 29.1 Å². The SMILES string of the molecule is CC(NC(=O)c1ccc(C(F)=CC(c2cc(Br)cc(Br)c2)C(F)(F)F)cc1C(F)(F)F)C(F)(F)F. The highest BCUT2D eigenvalue weighted by Gasteiger charge is 2.42. The number of halogens is 12. The van der Waals surface area contributed by atoms with Crippen molar-refractivity contribution in [3.05, 3.63) is 73.7 Å². The number of alkyl halides is 9. The highest BCUT2D eigenvalue weighted by Crippen LogP contribution is 2.41. The van der Waals surface area contributed by atoms with Crippen LogP contribution in [0.3, 0.4) is 0 Å². The van der Waals surface area contributed by atoms with E-state index in [4.69, 9.17) is 0 Å². The average Bonchev–Trinajstić information content (AvgIpc) is 2.68. The maximum atomic E-state index is 14.8. The molecule has 0 saturated heterocycles. The van der Waals surface area contributed by atoms with Crippen LogP contribution in [-0.4, -0.2) is 24.3 Å². The molecule has 1 N–H and O–H groups in total.